The molecule has 178 valence electrons. The fourth-order valence-electron chi connectivity index (χ4n) is 2.93. The average molecular weight is 708 g/mol. The minimum absolute atomic E-state index is 0.00717. The summed E-state index contributed by atoms with van der Waals surface area (Å²) in [6, 6.07) is 9.82. The summed E-state index contributed by atoms with van der Waals surface area (Å²) in [5.74, 6) is -0.589. The molecule has 0 unspecified atom stereocenters. The third-order valence-corrected chi connectivity index (χ3v) is 6.86. The third-order valence-electron chi connectivity index (χ3n) is 4.35. The van der Waals surface area contributed by atoms with Crippen LogP contribution in [-0.2, 0) is 20.9 Å². The molecule has 0 aliphatic carbocycles. The zero-order chi connectivity index (χ0) is 25.0. The monoisotopic (exact) mass is 708 g/mol. The van der Waals surface area contributed by atoms with Crippen LogP contribution in [0.5, 0.6) is 5.75 Å². The number of nitro groups is 1. The second kappa shape index (κ2) is 11.5. The Morgan fingerprint density at radius 2 is 1.88 bits per heavy atom. The molecule has 2 aromatic carbocycles. The number of carbonyl (C=O) groups is 3. The summed E-state index contributed by atoms with van der Waals surface area (Å²) in [6.07, 6.45) is 1.25. The van der Waals surface area contributed by atoms with Crippen molar-refractivity contribution in [2.75, 3.05) is 6.54 Å². The van der Waals surface area contributed by atoms with E-state index < -0.39 is 28.6 Å². The number of nitro benzene ring substituents is 1. The van der Waals surface area contributed by atoms with Crippen molar-refractivity contribution in [3.63, 3.8) is 0 Å². The molecule has 1 heterocycles. The Bertz CT molecular complexity index is 1180. The zero-order valence-corrected chi connectivity index (χ0v) is 23.1. The molecule has 34 heavy (non-hydrogen) atoms. The van der Waals surface area contributed by atoms with Crippen LogP contribution in [0.25, 0.3) is 6.08 Å². The van der Waals surface area contributed by atoms with Gasteiger partial charge in [-0.25, -0.2) is 0 Å². The molecular formula is C22H18I2N2O7S. The molecule has 0 bridgehead atoms. The Hall–Kier alpha value is -2.20. The molecule has 0 N–H and O–H groups in total. The van der Waals surface area contributed by atoms with Gasteiger partial charge in [0.1, 0.15) is 18.9 Å². The summed E-state index contributed by atoms with van der Waals surface area (Å²) in [5.41, 5.74) is 1.34. The summed E-state index contributed by atoms with van der Waals surface area (Å²) in [7, 11) is 0. The molecule has 2 aromatic rings. The molecule has 0 radical (unpaired) electrons. The number of hydrogen-bond acceptors (Lipinski definition) is 8. The number of benzene rings is 2. The fourth-order valence-corrected chi connectivity index (χ4v) is 5.90. The molecule has 9 nitrogen and oxygen atoms in total. The van der Waals surface area contributed by atoms with E-state index in [-0.39, 0.29) is 23.3 Å². The highest BCUT2D eigenvalue weighted by Gasteiger charge is 2.36. The largest absolute Gasteiger partial charge is 0.487 e. The molecule has 1 aliphatic heterocycles. The maximum Gasteiger partial charge on any atom is 0.326 e. The van der Waals surface area contributed by atoms with Crippen molar-refractivity contribution >= 4 is 85.8 Å². The summed E-state index contributed by atoms with van der Waals surface area (Å²) in [5, 5.41) is 10.4. The Morgan fingerprint density at radius 1 is 1.21 bits per heavy atom. The van der Waals surface area contributed by atoms with Gasteiger partial charge in [0, 0.05) is 12.1 Å². The van der Waals surface area contributed by atoms with Gasteiger partial charge in [-0.05, 0) is 100 Å². The topological polar surface area (TPSA) is 116 Å². The smallest absolute Gasteiger partial charge is 0.326 e. The minimum Gasteiger partial charge on any atom is -0.487 e. The van der Waals surface area contributed by atoms with Crippen LogP contribution in [0, 0.1) is 17.3 Å². The second-order valence-electron chi connectivity index (χ2n) is 7.34. The second-order valence-corrected chi connectivity index (χ2v) is 10.7. The molecule has 3 rings (SSSR count). The third kappa shape index (κ3) is 6.69. The lowest BCUT2D eigenvalue weighted by atomic mass is 10.2. The SMILES string of the molecule is CC(C)OC(=O)CN1C(=O)S/C(=C/c2cc(I)c(OCc3cccc([N+](=O)[O-])c3)c(I)c2)C1=O. The lowest BCUT2D eigenvalue weighted by Crippen LogP contribution is -2.35. The van der Waals surface area contributed by atoms with Gasteiger partial charge in [-0.2, -0.15) is 0 Å². The van der Waals surface area contributed by atoms with E-state index >= 15 is 0 Å². The van der Waals surface area contributed by atoms with Crippen molar-refractivity contribution in [2.24, 2.45) is 0 Å². The quantitative estimate of drug-likeness (QED) is 0.118. The number of non-ortho nitro benzene ring substituents is 1. The molecular weight excluding hydrogens is 690 g/mol. The molecule has 0 saturated carbocycles. The number of carbonyl (C=O) groups excluding carboxylic acids is 3. The maximum absolute atomic E-state index is 12.6. The van der Waals surface area contributed by atoms with E-state index in [9.17, 15) is 24.5 Å². The highest BCUT2D eigenvalue weighted by Crippen LogP contribution is 2.35. The molecule has 0 spiro atoms. The molecule has 12 heteroatoms. The first kappa shape index (κ1) is 26.4. The van der Waals surface area contributed by atoms with E-state index in [1.807, 2.05) is 0 Å². The summed E-state index contributed by atoms with van der Waals surface area (Å²) >= 11 is 4.97. The average Bonchev–Trinajstić information content (AvgIpc) is 3.00. The van der Waals surface area contributed by atoms with Gasteiger partial charge >= 0.3 is 5.97 Å². The number of rotatable bonds is 8. The number of esters is 1. The van der Waals surface area contributed by atoms with Gasteiger partial charge in [0.25, 0.3) is 16.8 Å². The van der Waals surface area contributed by atoms with Crippen molar-refractivity contribution in [3.8, 4) is 5.75 Å². The van der Waals surface area contributed by atoms with E-state index in [1.165, 1.54) is 12.1 Å². The Labute approximate surface area is 226 Å². The lowest BCUT2D eigenvalue weighted by Gasteiger charge is -2.13. The fraction of sp³-hybridized carbons (Fsp3) is 0.227. The van der Waals surface area contributed by atoms with Gasteiger partial charge in [0.05, 0.1) is 23.1 Å². The number of amides is 2. The molecule has 1 saturated heterocycles. The molecule has 1 fully saturated rings. The van der Waals surface area contributed by atoms with Gasteiger partial charge < -0.3 is 9.47 Å². The van der Waals surface area contributed by atoms with E-state index in [4.69, 9.17) is 9.47 Å². The first-order chi connectivity index (χ1) is 16.0. The number of nitrogens with zero attached hydrogens (tertiary/aromatic N) is 2. The first-order valence-corrected chi connectivity index (χ1v) is 12.8. The number of imide groups is 1. The van der Waals surface area contributed by atoms with E-state index in [1.54, 1.807) is 44.2 Å². The first-order valence-electron chi connectivity index (χ1n) is 9.85. The zero-order valence-electron chi connectivity index (χ0n) is 17.9. The van der Waals surface area contributed by atoms with Crippen molar-refractivity contribution in [3.05, 3.63) is 69.7 Å². The van der Waals surface area contributed by atoms with Crippen LogP contribution in [0.1, 0.15) is 25.0 Å². The van der Waals surface area contributed by atoms with Crippen LogP contribution in [0.3, 0.4) is 0 Å². The van der Waals surface area contributed by atoms with Crippen LogP contribution in [0.15, 0.2) is 41.3 Å². The number of ether oxygens (including phenoxy) is 2. The Balaban J connectivity index is 1.73. The van der Waals surface area contributed by atoms with Gasteiger partial charge in [0.2, 0.25) is 0 Å². The number of thioether (sulfide) groups is 1. The van der Waals surface area contributed by atoms with Crippen LogP contribution in [0.2, 0.25) is 0 Å². The van der Waals surface area contributed by atoms with E-state index in [0.717, 1.165) is 23.8 Å². The molecule has 2 amide bonds. The summed E-state index contributed by atoms with van der Waals surface area (Å²) in [6.45, 7) is 3.09. The normalized spacial score (nSPS) is 14.7. The highest BCUT2D eigenvalue weighted by molar-refractivity contribution is 14.1. The standard InChI is InChI=1S/C22H18I2N2O7S/c1-12(2)33-19(27)10-25-21(28)18(34-22(25)29)9-14-7-16(23)20(17(24)8-14)32-11-13-4-3-5-15(6-13)26(30)31/h3-9,12H,10-11H2,1-2H3/b18-9+. The van der Waals surface area contributed by atoms with Crippen molar-refractivity contribution in [1.29, 1.82) is 0 Å². The predicted molar refractivity (Wildman–Crippen MR) is 143 cm³/mol. The maximum atomic E-state index is 12.6. The number of hydrogen-bond donors (Lipinski definition) is 0. The number of halogens is 2. The van der Waals surface area contributed by atoms with Gasteiger partial charge in [0.15, 0.2) is 0 Å². The van der Waals surface area contributed by atoms with Gasteiger partial charge in [-0.1, -0.05) is 12.1 Å². The van der Waals surface area contributed by atoms with Gasteiger partial charge in [-0.15, -0.1) is 0 Å². The highest BCUT2D eigenvalue weighted by atomic mass is 127. The van der Waals surface area contributed by atoms with Crippen molar-refractivity contribution < 1.29 is 28.8 Å². The molecule has 0 atom stereocenters. The minimum atomic E-state index is -0.645. The van der Waals surface area contributed by atoms with Crippen LogP contribution in [-0.4, -0.2) is 39.6 Å². The Kier molecular flexibility index (Phi) is 8.92. The summed E-state index contributed by atoms with van der Waals surface area (Å²) < 4.78 is 12.4. The van der Waals surface area contributed by atoms with Crippen LogP contribution >= 0.6 is 56.9 Å². The van der Waals surface area contributed by atoms with Gasteiger partial charge in [-0.3, -0.25) is 29.4 Å². The molecule has 1 aliphatic rings. The predicted octanol–water partition coefficient (Wildman–Crippen LogP) is 5.37. The van der Waals surface area contributed by atoms with E-state index in [2.05, 4.69) is 45.2 Å². The lowest BCUT2D eigenvalue weighted by molar-refractivity contribution is -0.384. The van der Waals surface area contributed by atoms with Crippen molar-refractivity contribution in [2.45, 2.75) is 26.6 Å². The van der Waals surface area contributed by atoms with Crippen LogP contribution < -0.4 is 4.74 Å². The van der Waals surface area contributed by atoms with Crippen molar-refractivity contribution in [1.82, 2.24) is 4.90 Å². The summed E-state index contributed by atoms with van der Waals surface area (Å²) in [4.78, 5) is 48.3. The van der Waals surface area contributed by atoms with E-state index in [0.29, 0.717) is 16.9 Å². The Morgan fingerprint density at radius 3 is 2.50 bits per heavy atom. The molecule has 0 aromatic heterocycles. The van der Waals surface area contributed by atoms with Crippen LogP contribution in [0.4, 0.5) is 10.5 Å².